The maximum atomic E-state index is 13.5. The van der Waals surface area contributed by atoms with E-state index in [1.807, 2.05) is 12.1 Å². The molecule has 0 amide bonds. The normalized spacial score (nSPS) is 11.7. The van der Waals surface area contributed by atoms with E-state index in [1.165, 1.54) is 11.6 Å². The van der Waals surface area contributed by atoms with Crippen molar-refractivity contribution in [2.45, 2.75) is 12.8 Å². The van der Waals surface area contributed by atoms with Crippen molar-refractivity contribution in [3.8, 4) is 5.75 Å². The molecule has 3 rings (SSSR count). The summed E-state index contributed by atoms with van der Waals surface area (Å²) in [6, 6.07) is 8.85. The third-order valence-electron chi connectivity index (χ3n) is 4.05. The van der Waals surface area contributed by atoms with Gasteiger partial charge in [-0.3, -0.25) is 0 Å². The lowest BCUT2D eigenvalue weighted by molar-refractivity contribution is 0.391. The molecule has 22 heavy (non-hydrogen) atoms. The third-order valence-corrected chi connectivity index (χ3v) is 4.05. The van der Waals surface area contributed by atoms with Crippen molar-refractivity contribution in [1.82, 2.24) is 9.88 Å². The summed E-state index contributed by atoms with van der Waals surface area (Å²) in [5.41, 5.74) is 3.18. The fraction of sp³-hybridized carbons (Fsp3) is 0.333. The summed E-state index contributed by atoms with van der Waals surface area (Å²) in [5.74, 6) is 0.677. The molecule has 3 nitrogen and oxygen atoms in total. The summed E-state index contributed by atoms with van der Waals surface area (Å²) in [5, 5.41) is 1.97. The van der Waals surface area contributed by atoms with Gasteiger partial charge in [0.05, 0.1) is 12.6 Å². The van der Waals surface area contributed by atoms with Crippen LogP contribution in [0.1, 0.15) is 12.0 Å². The van der Waals surface area contributed by atoms with Gasteiger partial charge in [-0.15, -0.1) is 0 Å². The van der Waals surface area contributed by atoms with Crippen molar-refractivity contribution in [1.29, 1.82) is 0 Å². The Hall–Kier alpha value is -2.07. The number of nitrogens with zero attached hydrogens (tertiary/aromatic N) is 1. The largest absolute Gasteiger partial charge is 0.496 e. The average molecular weight is 300 g/mol. The fourth-order valence-electron chi connectivity index (χ4n) is 2.99. The molecule has 0 spiro atoms. The molecule has 0 saturated carbocycles. The van der Waals surface area contributed by atoms with Crippen molar-refractivity contribution >= 4 is 21.8 Å². The van der Waals surface area contributed by atoms with Gasteiger partial charge in [0, 0.05) is 21.9 Å². The summed E-state index contributed by atoms with van der Waals surface area (Å²) in [6.45, 7) is 1.02. The highest BCUT2D eigenvalue weighted by Gasteiger charge is 2.13. The Morgan fingerprint density at radius 1 is 1.14 bits per heavy atom. The Bertz CT molecular complexity index is 808. The Kier molecular flexibility index (Phi) is 4.03. The molecule has 0 fully saturated rings. The number of nitrogens with one attached hydrogen (secondary N) is 1. The van der Waals surface area contributed by atoms with Crippen LogP contribution in [0.2, 0.25) is 0 Å². The molecule has 0 atom stereocenters. The first-order valence-electron chi connectivity index (χ1n) is 7.51. The van der Waals surface area contributed by atoms with E-state index in [-0.39, 0.29) is 5.82 Å². The number of halogens is 1. The van der Waals surface area contributed by atoms with Crippen molar-refractivity contribution in [3.05, 3.63) is 41.7 Å². The zero-order chi connectivity index (χ0) is 15.7. The second-order valence-corrected chi connectivity index (χ2v) is 5.89. The molecule has 0 aliphatic heterocycles. The van der Waals surface area contributed by atoms with Crippen LogP contribution < -0.4 is 4.74 Å². The summed E-state index contributed by atoms with van der Waals surface area (Å²) in [4.78, 5) is 5.60. The van der Waals surface area contributed by atoms with Crippen molar-refractivity contribution in [3.63, 3.8) is 0 Å². The van der Waals surface area contributed by atoms with Gasteiger partial charge in [-0.05, 0) is 63.8 Å². The topological polar surface area (TPSA) is 28.3 Å². The van der Waals surface area contributed by atoms with Gasteiger partial charge in [0.15, 0.2) is 0 Å². The number of rotatable bonds is 5. The summed E-state index contributed by atoms with van der Waals surface area (Å²) in [7, 11) is 5.84. The smallest absolute Gasteiger partial charge is 0.124 e. The highest BCUT2D eigenvalue weighted by molar-refractivity contribution is 6.08. The number of benzene rings is 2. The number of ether oxygens (including phenoxy) is 1. The van der Waals surface area contributed by atoms with Gasteiger partial charge in [0.25, 0.3) is 0 Å². The fourth-order valence-corrected chi connectivity index (χ4v) is 2.99. The van der Waals surface area contributed by atoms with E-state index in [1.54, 1.807) is 19.2 Å². The first-order valence-corrected chi connectivity index (χ1v) is 7.51. The van der Waals surface area contributed by atoms with Gasteiger partial charge in [-0.1, -0.05) is 0 Å². The van der Waals surface area contributed by atoms with Gasteiger partial charge < -0.3 is 14.6 Å². The van der Waals surface area contributed by atoms with Crippen LogP contribution >= 0.6 is 0 Å². The quantitative estimate of drug-likeness (QED) is 0.772. The van der Waals surface area contributed by atoms with Gasteiger partial charge in [-0.2, -0.15) is 0 Å². The average Bonchev–Trinajstić information content (AvgIpc) is 2.85. The van der Waals surface area contributed by atoms with E-state index in [2.05, 4.69) is 24.0 Å². The Balaban J connectivity index is 2.12. The zero-order valence-corrected chi connectivity index (χ0v) is 13.2. The van der Waals surface area contributed by atoms with Crippen LogP contribution in [0.15, 0.2) is 30.3 Å². The second kappa shape index (κ2) is 5.97. The highest BCUT2D eigenvalue weighted by Crippen LogP contribution is 2.33. The summed E-state index contributed by atoms with van der Waals surface area (Å²) in [6.07, 6.45) is 1.97. The molecular weight excluding hydrogens is 279 g/mol. The number of hydrogen-bond donors (Lipinski definition) is 1. The SMILES string of the molecule is COc1ccc2c([nH]c3ccc(F)cc32)c1CCCN(C)C. The van der Waals surface area contributed by atoms with Crippen LogP contribution in [-0.4, -0.2) is 37.6 Å². The van der Waals surface area contributed by atoms with E-state index in [4.69, 9.17) is 4.74 Å². The molecule has 116 valence electrons. The van der Waals surface area contributed by atoms with Crippen LogP contribution in [0.3, 0.4) is 0 Å². The standard InChI is InChI=1S/C18H21FN2O/c1-21(2)10-4-5-14-17(22-3)9-7-13-15-11-12(19)6-8-16(15)20-18(13)14/h6-9,11,20H,4-5,10H2,1-3H3. The monoisotopic (exact) mass is 300 g/mol. The number of aryl methyl sites for hydroxylation is 1. The minimum Gasteiger partial charge on any atom is -0.496 e. The van der Waals surface area contributed by atoms with Crippen LogP contribution in [0.5, 0.6) is 5.75 Å². The van der Waals surface area contributed by atoms with Gasteiger partial charge in [0.1, 0.15) is 11.6 Å². The molecule has 0 aliphatic rings. The molecule has 4 heteroatoms. The van der Waals surface area contributed by atoms with Crippen LogP contribution in [0, 0.1) is 5.82 Å². The van der Waals surface area contributed by atoms with E-state index in [9.17, 15) is 4.39 Å². The first kappa shape index (κ1) is 14.9. The Labute approximate surface area is 129 Å². The lowest BCUT2D eigenvalue weighted by Gasteiger charge is -2.12. The van der Waals surface area contributed by atoms with E-state index in [0.29, 0.717) is 0 Å². The molecule has 3 aromatic rings. The first-order chi connectivity index (χ1) is 10.6. The zero-order valence-electron chi connectivity index (χ0n) is 13.2. The molecule has 1 N–H and O–H groups in total. The van der Waals surface area contributed by atoms with Crippen LogP contribution in [-0.2, 0) is 6.42 Å². The minimum atomic E-state index is -0.210. The molecule has 0 bridgehead atoms. The van der Waals surface area contributed by atoms with Gasteiger partial charge in [0.2, 0.25) is 0 Å². The lowest BCUT2D eigenvalue weighted by atomic mass is 10.0. The molecule has 0 radical (unpaired) electrons. The number of H-pyrrole nitrogens is 1. The predicted molar refractivity (Wildman–Crippen MR) is 89.2 cm³/mol. The van der Waals surface area contributed by atoms with Gasteiger partial charge in [-0.25, -0.2) is 4.39 Å². The highest BCUT2D eigenvalue weighted by atomic mass is 19.1. The molecule has 1 aromatic heterocycles. The maximum Gasteiger partial charge on any atom is 0.124 e. The van der Waals surface area contributed by atoms with E-state index in [0.717, 1.165) is 46.9 Å². The number of hydrogen-bond acceptors (Lipinski definition) is 2. The van der Waals surface area contributed by atoms with Crippen LogP contribution in [0.4, 0.5) is 4.39 Å². The molecular formula is C18H21FN2O. The number of aromatic amines is 1. The van der Waals surface area contributed by atoms with Crippen molar-refractivity contribution in [2.75, 3.05) is 27.7 Å². The molecule has 0 saturated heterocycles. The van der Waals surface area contributed by atoms with E-state index >= 15 is 0 Å². The molecule has 1 heterocycles. The number of aromatic nitrogens is 1. The van der Waals surface area contributed by atoms with E-state index < -0.39 is 0 Å². The molecule has 0 aliphatic carbocycles. The summed E-state index contributed by atoms with van der Waals surface area (Å²) >= 11 is 0. The molecule has 0 unspecified atom stereocenters. The predicted octanol–water partition coefficient (Wildman–Crippen LogP) is 3.96. The summed E-state index contributed by atoms with van der Waals surface area (Å²) < 4.78 is 19.1. The second-order valence-electron chi connectivity index (χ2n) is 5.89. The number of fused-ring (bicyclic) bond motifs is 3. The number of methoxy groups -OCH3 is 1. The Morgan fingerprint density at radius 3 is 2.68 bits per heavy atom. The molecule has 2 aromatic carbocycles. The van der Waals surface area contributed by atoms with Crippen LogP contribution in [0.25, 0.3) is 21.8 Å². The van der Waals surface area contributed by atoms with Gasteiger partial charge >= 0.3 is 0 Å². The maximum absolute atomic E-state index is 13.5. The van der Waals surface area contributed by atoms with Crippen molar-refractivity contribution < 1.29 is 9.13 Å². The lowest BCUT2D eigenvalue weighted by Crippen LogP contribution is -2.13. The van der Waals surface area contributed by atoms with Crippen molar-refractivity contribution in [2.24, 2.45) is 0 Å². The Morgan fingerprint density at radius 2 is 1.95 bits per heavy atom. The minimum absolute atomic E-state index is 0.210. The third kappa shape index (κ3) is 2.66.